The predicted molar refractivity (Wildman–Crippen MR) is 123 cm³/mol. The topological polar surface area (TPSA) is 75.4 Å². The zero-order valence-electron chi connectivity index (χ0n) is 18.8. The number of carbonyl (C=O) groups is 2. The van der Waals surface area contributed by atoms with Gasteiger partial charge in [0, 0.05) is 43.2 Å². The van der Waals surface area contributed by atoms with Crippen LogP contribution >= 0.6 is 0 Å². The molecule has 7 heteroatoms. The summed E-state index contributed by atoms with van der Waals surface area (Å²) in [6.07, 6.45) is 10.9. The molecular weight excluding hydrogens is 421 g/mol. The Bertz CT molecular complexity index is 1130. The molecule has 6 nitrogen and oxygen atoms in total. The van der Waals surface area contributed by atoms with Gasteiger partial charge in [0.25, 0.3) is 0 Å². The molecule has 1 saturated carbocycles. The summed E-state index contributed by atoms with van der Waals surface area (Å²) >= 11 is 0. The first-order chi connectivity index (χ1) is 16.0. The van der Waals surface area contributed by atoms with Gasteiger partial charge >= 0.3 is 5.97 Å². The molecule has 5 rings (SSSR count). The summed E-state index contributed by atoms with van der Waals surface area (Å²) in [5.74, 6) is -0.544. The molecule has 0 spiro atoms. The summed E-state index contributed by atoms with van der Waals surface area (Å²) in [6.45, 7) is 1.86. The van der Waals surface area contributed by atoms with E-state index < -0.39 is 12.1 Å². The van der Waals surface area contributed by atoms with Crippen molar-refractivity contribution in [3.63, 3.8) is 0 Å². The van der Waals surface area contributed by atoms with E-state index in [2.05, 4.69) is 15.6 Å². The highest BCUT2D eigenvalue weighted by molar-refractivity contribution is 5.84. The number of hydrogen-bond donors (Lipinski definition) is 1. The maximum Gasteiger partial charge on any atom is 0.306 e. The molecule has 33 heavy (non-hydrogen) atoms. The predicted octanol–water partition coefficient (Wildman–Crippen LogP) is 4.43. The van der Waals surface area contributed by atoms with E-state index in [1.54, 1.807) is 12.3 Å². The maximum absolute atomic E-state index is 13.5. The molecule has 1 aliphatic heterocycles. The minimum absolute atomic E-state index is 0.154. The molecule has 1 unspecified atom stereocenters. The lowest BCUT2D eigenvalue weighted by atomic mass is 9.80. The van der Waals surface area contributed by atoms with E-state index in [0.717, 1.165) is 41.6 Å². The Hall–Kier alpha value is -2.96. The van der Waals surface area contributed by atoms with Crippen molar-refractivity contribution in [2.75, 3.05) is 6.54 Å². The Morgan fingerprint density at radius 3 is 2.76 bits per heavy atom. The van der Waals surface area contributed by atoms with Gasteiger partial charge in [-0.05, 0) is 61.3 Å². The monoisotopic (exact) mass is 451 g/mol. The number of carboxylic acids is 1. The van der Waals surface area contributed by atoms with Crippen molar-refractivity contribution in [1.29, 1.82) is 0 Å². The lowest BCUT2D eigenvalue weighted by molar-refractivity contribution is -0.143. The molecule has 2 aromatic rings. The van der Waals surface area contributed by atoms with Crippen LogP contribution in [0.3, 0.4) is 0 Å². The Kier molecular flexibility index (Phi) is 6.04. The number of rotatable bonds is 5. The van der Waals surface area contributed by atoms with Gasteiger partial charge in [-0.15, -0.1) is 0 Å². The van der Waals surface area contributed by atoms with Crippen LogP contribution in [0.25, 0.3) is 11.0 Å². The number of hydrogen-bond acceptors (Lipinski definition) is 3. The Balaban J connectivity index is 1.33. The lowest BCUT2D eigenvalue weighted by Gasteiger charge is -2.31. The summed E-state index contributed by atoms with van der Waals surface area (Å²) < 4.78 is 15.7. The fourth-order valence-electron chi connectivity index (χ4n) is 5.57. The van der Waals surface area contributed by atoms with Gasteiger partial charge < -0.3 is 14.6 Å². The van der Waals surface area contributed by atoms with Crippen LogP contribution in [0.2, 0.25) is 0 Å². The number of halogens is 1. The standard InChI is InChI=1S/C26H30FN3O3/c27-20-9-5-18(6-10-20)15-30-23-16-29(13-11-21(23)22-2-1-12-28-25(22)30)24(31)14-17-3-7-19(8-4-17)26(32)33/h1-2,5-6,9,12,17,19-20H,3-4,7-8,10-11,13-16H2,(H,32,33)/t17-,19+,20?. The number of allylic oxidation sites excluding steroid dienone is 4. The van der Waals surface area contributed by atoms with Crippen molar-refractivity contribution in [2.24, 2.45) is 11.8 Å². The van der Waals surface area contributed by atoms with Gasteiger partial charge in [0.15, 0.2) is 0 Å². The van der Waals surface area contributed by atoms with Gasteiger partial charge in [-0.2, -0.15) is 0 Å². The zero-order valence-corrected chi connectivity index (χ0v) is 18.8. The average Bonchev–Trinajstić information content (AvgIpc) is 3.14. The maximum atomic E-state index is 13.5. The van der Waals surface area contributed by atoms with E-state index in [9.17, 15) is 19.1 Å². The van der Waals surface area contributed by atoms with Crippen molar-refractivity contribution in [3.05, 3.63) is 53.4 Å². The van der Waals surface area contributed by atoms with Crippen LogP contribution in [0.15, 0.2) is 42.1 Å². The number of amides is 1. The molecule has 174 valence electrons. The molecule has 3 heterocycles. The fourth-order valence-corrected chi connectivity index (χ4v) is 5.57. The number of aromatic nitrogens is 2. The first kappa shape index (κ1) is 21.9. The molecule has 1 N–H and O–H groups in total. The van der Waals surface area contributed by atoms with Crippen LogP contribution in [0.4, 0.5) is 4.39 Å². The van der Waals surface area contributed by atoms with Gasteiger partial charge in [0.1, 0.15) is 11.8 Å². The Morgan fingerprint density at radius 1 is 1.21 bits per heavy atom. The second-order valence-corrected chi connectivity index (χ2v) is 9.60. The first-order valence-corrected chi connectivity index (χ1v) is 12.0. The van der Waals surface area contributed by atoms with Gasteiger partial charge in [0.05, 0.1) is 12.5 Å². The number of carbonyl (C=O) groups excluding carboxylic acids is 1. The molecular formula is C26H30FN3O3. The van der Waals surface area contributed by atoms with E-state index in [1.807, 2.05) is 23.1 Å². The molecule has 0 aromatic carbocycles. The van der Waals surface area contributed by atoms with Crippen molar-refractivity contribution in [1.82, 2.24) is 14.5 Å². The quantitative estimate of drug-likeness (QED) is 0.730. The largest absolute Gasteiger partial charge is 0.481 e. The van der Waals surface area contributed by atoms with Gasteiger partial charge in [-0.3, -0.25) is 9.59 Å². The number of nitrogens with zero attached hydrogens (tertiary/aromatic N) is 3. The van der Waals surface area contributed by atoms with Crippen molar-refractivity contribution < 1.29 is 19.1 Å². The van der Waals surface area contributed by atoms with Crippen molar-refractivity contribution in [3.8, 4) is 0 Å². The van der Waals surface area contributed by atoms with Crippen molar-refractivity contribution >= 4 is 22.9 Å². The molecule has 2 aliphatic carbocycles. The van der Waals surface area contributed by atoms with Crippen LogP contribution in [0, 0.1) is 11.8 Å². The normalized spacial score (nSPS) is 25.1. The van der Waals surface area contributed by atoms with Crippen LogP contribution in [-0.4, -0.2) is 44.2 Å². The number of pyridine rings is 1. The van der Waals surface area contributed by atoms with E-state index >= 15 is 0 Å². The minimum Gasteiger partial charge on any atom is -0.481 e. The number of alkyl halides is 1. The third kappa shape index (κ3) is 4.45. The van der Waals surface area contributed by atoms with Crippen molar-refractivity contribution in [2.45, 2.75) is 64.2 Å². The first-order valence-electron chi connectivity index (χ1n) is 12.0. The van der Waals surface area contributed by atoms with Gasteiger partial charge in [-0.25, -0.2) is 9.37 Å². The lowest BCUT2D eigenvalue weighted by Crippen LogP contribution is -2.38. The van der Waals surface area contributed by atoms with Crippen LogP contribution < -0.4 is 0 Å². The summed E-state index contributed by atoms with van der Waals surface area (Å²) in [7, 11) is 0. The molecule has 1 fully saturated rings. The third-order valence-electron chi connectivity index (χ3n) is 7.49. The van der Waals surface area contributed by atoms with Crippen LogP contribution in [0.5, 0.6) is 0 Å². The molecule has 0 bridgehead atoms. The number of aliphatic carboxylic acids is 1. The number of fused-ring (bicyclic) bond motifs is 3. The van der Waals surface area contributed by atoms with Crippen LogP contribution in [0.1, 0.15) is 49.8 Å². The summed E-state index contributed by atoms with van der Waals surface area (Å²) in [5, 5.41) is 10.3. The third-order valence-corrected chi connectivity index (χ3v) is 7.49. The summed E-state index contributed by atoms with van der Waals surface area (Å²) in [6, 6.07) is 4.05. The molecule has 0 saturated heterocycles. The second-order valence-electron chi connectivity index (χ2n) is 9.60. The number of carboxylic acid groups (broad SMARTS) is 1. The highest BCUT2D eigenvalue weighted by Crippen LogP contribution is 2.34. The average molecular weight is 452 g/mol. The van der Waals surface area contributed by atoms with Crippen LogP contribution in [-0.2, 0) is 29.1 Å². The van der Waals surface area contributed by atoms with E-state index in [0.29, 0.717) is 45.3 Å². The molecule has 0 radical (unpaired) electrons. The molecule has 1 atom stereocenters. The fraction of sp³-hybridized carbons (Fsp3) is 0.500. The smallest absolute Gasteiger partial charge is 0.306 e. The van der Waals surface area contributed by atoms with Gasteiger partial charge in [-0.1, -0.05) is 18.2 Å². The van der Waals surface area contributed by atoms with Gasteiger partial charge in [0.2, 0.25) is 5.91 Å². The van der Waals surface area contributed by atoms with E-state index in [4.69, 9.17) is 0 Å². The highest BCUT2D eigenvalue weighted by Gasteiger charge is 2.31. The SMILES string of the molecule is O=C(C[C@H]1CC[C@@H](C(=O)O)CC1)N1CCc2c(n(CC3=CCC(F)C=C3)c3ncccc23)C1. The van der Waals surface area contributed by atoms with E-state index in [1.165, 1.54) is 5.56 Å². The summed E-state index contributed by atoms with van der Waals surface area (Å²) in [5.41, 5.74) is 4.36. The zero-order chi connectivity index (χ0) is 22.9. The highest BCUT2D eigenvalue weighted by atomic mass is 19.1. The molecule has 3 aliphatic rings. The molecule has 1 amide bonds. The Labute approximate surface area is 192 Å². The Morgan fingerprint density at radius 2 is 2.03 bits per heavy atom. The van der Waals surface area contributed by atoms with E-state index in [-0.39, 0.29) is 17.7 Å². The molecule has 2 aromatic heterocycles. The minimum atomic E-state index is -0.916. The second kappa shape index (κ2) is 9.12. The summed E-state index contributed by atoms with van der Waals surface area (Å²) in [4.78, 5) is 31.0.